The van der Waals surface area contributed by atoms with Gasteiger partial charge in [-0.05, 0) is 31.1 Å². The summed E-state index contributed by atoms with van der Waals surface area (Å²) >= 11 is 0. The molecule has 0 spiro atoms. The molecule has 0 aromatic carbocycles. The van der Waals surface area contributed by atoms with Crippen LogP contribution in [0.15, 0.2) is 0 Å². The smallest absolute Gasteiger partial charge is 0.306 e. The van der Waals surface area contributed by atoms with Crippen molar-refractivity contribution < 1.29 is 28.6 Å². The van der Waals surface area contributed by atoms with E-state index in [1.807, 2.05) is 0 Å². The largest absolute Gasteiger partial charge is 0.462 e. The number of hydrogen-bond donors (Lipinski definition) is 0. The Kier molecular flexibility index (Phi) is 49.6. The Morgan fingerprint density at radius 3 is 0.891 bits per heavy atom. The van der Waals surface area contributed by atoms with Gasteiger partial charge in [0.05, 0.1) is 0 Å². The van der Waals surface area contributed by atoms with Crippen LogP contribution in [0.2, 0.25) is 0 Å². The van der Waals surface area contributed by atoms with Crippen molar-refractivity contribution in [3.8, 4) is 0 Å². The van der Waals surface area contributed by atoms with Gasteiger partial charge in [-0.25, -0.2) is 0 Å². The van der Waals surface area contributed by atoms with Crippen LogP contribution in [-0.2, 0) is 28.6 Å². The molecule has 0 aromatic heterocycles. The van der Waals surface area contributed by atoms with Crippen molar-refractivity contribution in [1.82, 2.24) is 0 Å². The third-order valence-electron chi connectivity index (χ3n) is 13.6. The molecular weight excluding hydrogens is 793 g/mol. The zero-order valence-electron chi connectivity index (χ0n) is 43.9. The lowest BCUT2D eigenvalue weighted by atomic mass is 9.99. The highest BCUT2D eigenvalue weighted by molar-refractivity contribution is 5.71. The highest BCUT2D eigenvalue weighted by Gasteiger charge is 2.19. The molecule has 0 rings (SSSR count). The van der Waals surface area contributed by atoms with Crippen LogP contribution in [-0.4, -0.2) is 37.2 Å². The molecule has 0 heterocycles. The molecule has 64 heavy (non-hydrogen) atoms. The lowest BCUT2D eigenvalue weighted by molar-refractivity contribution is -0.167. The second kappa shape index (κ2) is 50.8. The Balaban J connectivity index is 4.30. The second-order valence-electron chi connectivity index (χ2n) is 20.6. The summed E-state index contributed by atoms with van der Waals surface area (Å²) < 4.78 is 16.9. The van der Waals surface area contributed by atoms with Crippen molar-refractivity contribution in [2.75, 3.05) is 13.2 Å². The molecule has 0 aliphatic carbocycles. The van der Waals surface area contributed by atoms with E-state index in [4.69, 9.17) is 14.2 Å². The molecule has 0 bridgehead atoms. The van der Waals surface area contributed by atoms with Crippen molar-refractivity contribution in [2.45, 2.75) is 330 Å². The minimum Gasteiger partial charge on any atom is -0.462 e. The highest BCUT2D eigenvalue weighted by atomic mass is 16.6. The fourth-order valence-corrected chi connectivity index (χ4v) is 8.84. The molecule has 0 saturated heterocycles. The number of hydrogen-bond acceptors (Lipinski definition) is 6. The first-order chi connectivity index (χ1) is 31.3. The standard InChI is InChI=1S/C58H112O6/c1-6-8-9-10-11-12-13-14-18-23-28-33-38-43-48-56(59)62-51-55(52-63-57(60)49-44-39-34-29-25-20-21-26-31-36-41-46-53(3)4)64-58(61)50-45-40-35-30-24-19-16-15-17-22-27-32-37-42-47-54(5)7-2/h53-55H,6-52H2,1-5H3/t54?,55-/m1/s1. The van der Waals surface area contributed by atoms with E-state index in [1.54, 1.807) is 0 Å². The Morgan fingerprint density at radius 1 is 0.328 bits per heavy atom. The van der Waals surface area contributed by atoms with Gasteiger partial charge in [-0.2, -0.15) is 0 Å². The van der Waals surface area contributed by atoms with Crippen LogP contribution in [0.4, 0.5) is 0 Å². The van der Waals surface area contributed by atoms with Gasteiger partial charge in [0, 0.05) is 19.3 Å². The summed E-state index contributed by atoms with van der Waals surface area (Å²) in [5, 5.41) is 0. The van der Waals surface area contributed by atoms with Crippen LogP contribution >= 0.6 is 0 Å². The predicted octanol–water partition coefficient (Wildman–Crippen LogP) is 18.9. The molecule has 0 aromatic rings. The first-order valence-corrected chi connectivity index (χ1v) is 28.8. The van der Waals surface area contributed by atoms with Crippen molar-refractivity contribution in [2.24, 2.45) is 11.8 Å². The van der Waals surface area contributed by atoms with E-state index in [-0.39, 0.29) is 31.1 Å². The molecule has 380 valence electrons. The number of rotatable bonds is 52. The molecule has 6 nitrogen and oxygen atoms in total. The zero-order chi connectivity index (χ0) is 46.8. The maximum Gasteiger partial charge on any atom is 0.306 e. The molecule has 0 N–H and O–H groups in total. The van der Waals surface area contributed by atoms with E-state index >= 15 is 0 Å². The maximum atomic E-state index is 12.9. The monoisotopic (exact) mass is 905 g/mol. The zero-order valence-corrected chi connectivity index (χ0v) is 43.9. The van der Waals surface area contributed by atoms with Gasteiger partial charge < -0.3 is 14.2 Å². The van der Waals surface area contributed by atoms with Gasteiger partial charge in [-0.1, -0.05) is 285 Å². The van der Waals surface area contributed by atoms with Gasteiger partial charge in [0.25, 0.3) is 0 Å². The molecule has 2 atom stereocenters. The normalized spacial score (nSPS) is 12.5. The minimum atomic E-state index is -0.762. The summed E-state index contributed by atoms with van der Waals surface area (Å²) in [6.07, 6.45) is 53.7. The number of carbonyl (C=O) groups excluding carboxylic acids is 3. The Morgan fingerprint density at radius 2 is 0.594 bits per heavy atom. The third-order valence-corrected chi connectivity index (χ3v) is 13.6. The maximum absolute atomic E-state index is 12.9. The Bertz CT molecular complexity index is 980. The van der Waals surface area contributed by atoms with Crippen molar-refractivity contribution >= 4 is 17.9 Å². The summed E-state index contributed by atoms with van der Waals surface area (Å²) in [4.78, 5) is 38.1. The fraction of sp³-hybridized carbons (Fsp3) is 0.948. The molecule has 0 amide bonds. The molecule has 0 fully saturated rings. The van der Waals surface area contributed by atoms with Crippen LogP contribution in [0.25, 0.3) is 0 Å². The average molecular weight is 906 g/mol. The lowest BCUT2D eigenvalue weighted by Crippen LogP contribution is -2.30. The van der Waals surface area contributed by atoms with E-state index in [0.717, 1.165) is 69.6 Å². The number of ether oxygens (including phenoxy) is 3. The Labute approximate surface area is 399 Å². The molecule has 0 aliphatic heterocycles. The second-order valence-corrected chi connectivity index (χ2v) is 20.6. The molecule has 0 saturated carbocycles. The predicted molar refractivity (Wildman–Crippen MR) is 275 cm³/mol. The highest BCUT2D eigenvalue weighted by Crippen LogP contribution is 2.18. The number of carbonyl (C=O) groups is 3. The van der Waals surface area contributed by atoms with Crippen molar-refractivity contribution in [1.29, 1.82) is 0 Å². The SMILES string of the molecule is CCCCCCCCCCCCCCCCC(=O)OC[C@H](COC(=O)CCCCCCCCCCCCCC(C)C)OC(=O)CCCCCCCCCCCCCCCCC(C)CC. The van der Waals surface area contributed by atoms with Gasteiger partial charge in [-0.15, -0.1) is 0 Å². The van der Waals surface area contributed by atoms with Crippen LogP contribution in [0.5, 0.6) is 0 Å². The van der Waals surface area contributed by atoms with Gasteiger partial charge in [0.1, 0.15) is 13.2 Å². The summed E-state index contributed by atoms with van der Waals surface area (Å²) in [7, 11) is 0. The molecule has 6 heteroatoms. The molecule has 1 unspecified atom stereocenters. The van der Waals surface area contributed by atoms with Gasteiger partial charge >= 0.3 is 17.9 Å². The number of unbranched alkanes of at least 4 members (excludes halogenated alkanes) is 36. The van der Waals surface area contributed by atoms with E-state index in [0.29, 0.717) is 19.3 Å². The summed E-state index contributed by atoms with van der Waals surface area (Å²) in [5.74, 6) is 0.882. The average Bonchev–Trinajstić information content (AvgIpc) is 3.28. The van der Waals surface area contributed by atoms with Crippen molar-refractivity contribution in [3.63, 3.8) is 0 Å². The Hall–Kier alpha value is -1.59. The van der Waals surface area contributed by atoms with E-state index in [1.165, 1.54) is 212 Å². The molecular formula is C58H112O6. The van der Waals surface area contributed by atoms with E-state index in [9.17, 15) is 14.4 Å². The topological polar surface area (TPSA) is 78.9 Å². The summed E-state index contributed by atoms with van der Waals surface area (Å²) in [6.45, 7) is 11.4. The van der Waals surface area contributed by atoms with Crippen LogP contribution in [0, 0.1) is 11.8 Å². The van der Waals surface area contributed by atoms with Gasteiger partial charge in [-0.3, -0.25) is 14.4 Å². The fourth-order valence-electron chi connectivity index (χ4n) is 8.84. The van der Waals surface area contributed by atoms with Crippen LogP contribution < -0.4 is 0 Å². The van der Waals surface area contributed by atoms with Gasteiger partial charge in [0.15, 0.2) is 6.10 Å². The summed E-state index contributed by atoms with van der Waals surface area (Å²) in [6, 6.07) is 0. The molecule has 0 aliphatic rings. The van der Waals surface area contributed by atoms with E-state index < -0.39 is 6.10 Å². The summed E-state index contributed by atoms with van der Waals surface area (Å²) in [5.41, 5.74) is 0. The lowest BCUT2D eigenvalue weighted by Gasteiger charge is -2.18. The molecule has 0 radical (unpaired) electrons. The van der Waals surface area contributed by atoms with Gasteiger partial charge in [0.2, 0.25) is 0 Å². The van der Waals surface area contributed by atoms with Crippen LogP contribution in [0.1, 0.15) is 324 Å². The minimum absolute atomic E-state index is 0.0627. The first kappa shape index (κ1) is 62.4. The first-order valence-electron chi connectivity index (χ1n) is 28.8. The van der Waals surface area contributed by atoms with E-state index in [2.05, 4.69) is 34.6 Å². The number of esters is 3. The van der Waals surface area contributed by atoms with Crippen LogP contribution in [0.3, 0.4) is 0 Å². The third kappa shape index (κ3) is 49.8. The quantitative estimate of drug-likeness (QED) is 0.0344. The van der Waals surface area contributed by atoms with Crippen molar-refractivity contribution in [3.05, 3.63) is 0 Å².